The van der Waals surface area contributed by atoms with Crippen LogP contribution in [0.3, 0.4) is 0 Å². The molecule has 0 aromatic heterocycles. The molecule has 0 spiro atoms. The van der Waals surface area contributed by atoms with Crippen molar-refractivity contribution in [3.05, 3.63) is 0 Å². The van der Waals surface area contributed by atoms with E-state index < -0.39 is 5.97 Å². The van der Waals surface area contributed by atoms with Crippen molar-refractivity contribution < 1.29 is 14.7 Å². The standard InChI is InChI=1S/C16H28N2O3/c1-12-7-14(16(20)21)10-18(9-12)11-15(19)17-8-13-5-3-2-4-6-13/h12-14H,2-11H2,1H3,(H,17,19)(H,20,21). The van der Waals surface area contributed by atoms with E-state index in [0.29, 0.717) is 24.9 Å². The van der Waals surface area contributed by atoms with E-state index in [-0.39, 0.29) is 11.8 Å². The Morgan fingerprint density at radius 3 is 2.57 bits per heavy atom. The maximum absolute atomic E-state index is 12.0. The van der Waals surface area contributed by atoms with Crippen molar-refractivity contribution in [1.82, 2.24) is 10.2 Å². The zero-order valence-corrected chi connectivity index (χ0v) is 13.0. The molecule has 1 heterocycles. The van der Waals surface area contributed by atoms with Gasteiger partial charge in [0.05, 0.1) is 12.5 Å². The number of hydrogen-bond donors (Lipinski definition) is 2. The van der Waals surface area contributed by atoms with Gasteiger partial charge in [-0.1, -0.05) is 26.2 Å². The summed E-state index contributed by atoms with van der Waals surface area (Å²) in [6.45, 7) is 4.49. The predicted molar refractivity (Wildman–Crippen MR) is 80.9 cm³/mol. The Balaban J connectivity index is 1.72. The molecule has 2 N–H and O–H groups in total. The van der Waals surface area contributed by atoms with Gasteiger partial charge in [-0.2, -0.15) is 0 Å². The van der Waals surface area contributed by atoms with Crippen LogP contribution in [0.2, 0.25) is 0 Å². The first-order valence-corrected chi connectivity index (χ1v) is 8.26. The van der Waals surface area contributed by atoms with Crippen molar-refractivity contribution in [1.29, 1.82) is 0 Å². The molecule has 1 saturated heterocycles. The molecule has 5 heteroatoms. The minimum absolute atomic E-state index is 0.0406. The number of aliphatic carboxylic acids is 1. The van der Waals surface area contributed by atoms with Crippen molar-refractivity contribution in [3.63, 3.8) is 0 Å². The predicted octanol–water partition coefficient (Wildman–Crippen LogP) is 1.73. The van der Waals surface area contributed by atoms with Gasteiger partial charge in [0.15, 0.2) is 0 Å². The highest BCUT2D eigenvalue weighted by atomic mass is 16.4. The molecule has 0 aromatic rings. The molecule has 0 radical (unpaired) electrons. The van der Waals surface area contributed by atoms with Gasteiger partial charge in [-0.25, -0.2) is 0 Å². The summed E-state index contributed by atoms with van der Waals surface area (Å²) >= 11 is 0. The Hall–Kier alpha value is -1.10. The van der Waals surface area contributed by atoms with Crippen molar-refractivity contribution in [3.8, 4) is 0 Å². The molecule has 2 unspecified atom stereocenters. The fraction of sp³-hybridized carbons (Fsp3) is 0.875. The number of rotatable bonds is 5. The third-order valence-corrected chi connectivity index (χ3v) is 4.76. The maximum Gasteiger partial charge on any atom is 0.307 e. The van der Waals surface area contributed by atoms with Crippen LogP contribution < -0.4 is 5.32 Å². The summed E-state index contributed by atoms with van der Waals surface area (Å²) in [5.74, 6) is -0.0615. The molecular weight excluding hydrogens is 268 g/mol. The fourth-order valence-corrected chi connectivity index (χ4v) is 3.68. The minimum Gasteiger partial charge on any atom is -0.481 e. The van der Waals surface area contributed by atoms with Crippen molar-refractivity contribution >= 4 is 11.9 Å². The molecular formula is C16H28N2O3. The first-order chi connectivity index (χ1) is 10.0. The second-order valence-corrected chi connectivity index (χ2v) is 6.88. The van der Waals surface area contributed by atoms with Crippen LogP contribution in [0.15, 0.2) is 0 Å². The van der Waals surface area contributed by atoms with Crippen LogP contribution in [0, 0.1) is 17.8 Å². The van der Waals surface area contributed by atoms with Crippen LogP contribution in [0.25, 0.3) is 0 Å². The lowest BCUT2D eigenvalue weighted by atomic mass is 9.89. The zero-order valence-electron chi connectivity index (χ0n) is 13.0. The van der Waals surface area contributed by atoms with Crippen molar-refractivity contribution in [2.75, 3.05) is 26.2 Å². The second kappa shape index (κ2) is 7.78. The molecule has 21 heavy (non-hydrogen) atoms. The molecule has 1 aliphatic heterocycles. The van der Waals surface area contributed by atoms with E-state index in [0.717, 1.165) is 19.5 Å². The Labute approximate surface area is 127 Å². The smallest absolute Gasteiger partial charge is 0.307 e. The number of carbonyl (C=O) groups is 2. The van der Waals surface area contributed by atoms with Gasteiger partial charge in [-0.05, 0) is 31.1 Å². The molecule has 1 amide bonds. The zero-order chi connectivity index (χ0) is 15.2. The highest BCUT2D eigenvalue weighted by Crippen LogP contribution is 2.23. The number of carboxylic acids is 1. The average molecular weight is 296 g/mol. The van der Waals surface area contributed by atoms with E-state index in [4.69, 9.17) is 5.11 Å². The van der Waals surface area contributed by atoms with Crippen molar-refractivity contribution in [2.45, 2.75) is 45.4 Å². The lowest BCUT2D eigenvalue weighted by Gasteiger charge is -2.34. The number of piperidine rings is 1. The molecule has 2 fully saturated rings. The maximum atomic E-state index is 12.0. The average Bonchev–Trinajstić information content (AvgIpc) is 2.45. The topological polar surface area (TPSA) is 69.6 Å². The Morgan fingerprint density at radius 1 is 1.19 bits per heavy atom. The molecule has 120 valence electrons. The summed E-state index contributed by atoms with van der Waals surface area (Å²) in [5, 5.41) is 12.2. The molecule has 1 saturated carbocycles. The van der Waals surface area contributed by atoms with Gasteiger partial charge in [0.25, 0.3) is 0 Å². The van der Waals surface area contributed by atoms with Gasteiger partial charge < -0.3 is 10.4 Å². The number of likely N-dealkylation sites (tertiary alicyclic amines) is 1. The van der Waals surface area contributed by atoms with E-state index in [1.807, 2.05) is 4.90 Å². The fourth-order valence-electron chi connectivity index (χ4n) is 3.68. The van der Waals surface area contributed by atoms with E-state index in [1.165, 1.54) is 32.1 Å². The van der Waals surface area contributed by atoms with Crippen LogP contribution in [0.4, 0.5) is 0 Å². The number of amides is 1. The SMILES string of the molecule is CC1CC(C(=O)O)CN(CC(=O)NCC2CCCCC2)C1. The minimum atomic E-state index is -0.742. The largest absolute Gasteiger partial charge is 0.481 e. The van der Waals surface area contributed by atoms with Gasteiger partial charge in [-0.3, -0.25) is 14.5 Å². The summed E-state index contributed by atoms with van der Waals surface area (Å²) < 4.78 is 0. The van der Waals surface area contributed by atoms with Crippen molar-refractivity contribution in [2.24, 2.45) is 17.8 Å². The molecule has 0 aromatic carbocycles. The van der Waals surface area contributed by atoms with Crippen LogP contribution in [0.1, 0.15) is 45.4 Å². The van der Waals surface area contributed by atoms with Gasteiger partial charge in [0, 0.05) is 19.6 Å². The van der Waals surface area contributed by atoms with E-state index in [9.17, 15) is 9.59 Å². The van der Waals surface area contributed by atoms with E-state index in [2.05, 4.69) is 12.2 Å². The lowest BCUT2D eigenvalue weighted by molar-refractivity contribution is -0.145. The molecule has 2 atom stereocenters. The molecule has 0 bridgehead atoms. The van der Waals surface area contributed by atoms with E-state index in [1.54, 1.807) is 0 Å². The molecule has 1 aliphatic carbocycles. The van der Waals surface area contributed by atoms with E-state index >= 15 is 0 Å². The van der Waals surface area contributed by atoms with Gasteiger partial charge in [0.2, 0.25) is 5.91 Å². The Bertz CT molecular complexity index is 367. The number of nitrogens with zero attached hydrogens (tertiary/aromatic N) is 1. The highest BCUT2D eigenvalue weighted by molar-refractivity contribution is 5.78. The first-order valence-electron chi connectivity index (χ1n) is 8.26. The Morgan fingerprint density at radius 2 is 1.90 bits per heavy atom. The third-order valence-electron chi connectivity index (χ3n) is 4.76. The van der Waals surface area contributed by atoms with Crippen LogP contribution in [-0.4, -0.2) is 48.1 Å². The van der Waals surface area contributed by atoms with Crippen LogP contribution in [-0.2, 0) is 9.59 Å². The lowest BCUT2D eigenvalue weighted by Crippen LogP contribution is -2.47. The van der Waals surface area contributed by atoms with Crippen LogP contribution in [0.5, 0.6) is 0 Å². The van der Waals surface area contributed by atoms with Gasteiger partial charge >= 0.3 is 5.97 Å². The van der Waals surface area contributed by atoms with Gasteiger partial charge in [0.1, 0.15) is 0 Å². The summed E-state index contributed by atoms with van der Waals surface area (Å²) in [6.07, 6.45) is 7.06. The number of nitrogens with one attached hydrogen (secondary N) is 1. The summed E-state index contributed by atoms with van der Waals surface area (Å²) in [5.41, 5.74) is 0. The quantitative estimate of drug-likeness (QED) is 0.810. The second-order valence-electron chi connectivity index (χ2n) is 6.88. The number of carbonyl (C=O) groups excluding carboxylic acids is 1. The van der Waals surface area contributed by atoms with Gasteiger partial charge in [-0.15, -0.1) is 0 Å². The Kier molecular flexibility index (Phi) is 6.03. The normalized spacial score (nSPS) is 28.2. The summed E-state index contributed by atoms with van der Waals surface area (Å²) in [7, 11) is 0. The molecule has 2 rings (SSSR count). The monoisotopic (exact) mass is 296 g/mol. The van der Waals surface area contributed by atoms with Crippen LogP contribution >= 0.6 is 0 Å². The molecule has 2 aliphatic rings. The summed E-state index contributed by atoms with van der Waals surface area (Å²) in [4.78, 5) is 25.2. The highest BCUT2D eigenvalue weighted by Gasteiger charge is 2.30. The first kappa shape index (κ1) is 16.3. The number of carboxylic acid groups (broad SMARTS) is 1. The molecule has 5 nitrogen and oxygen atoms in total. The third kappa shape index (κ3) is 5.30. The number of hydrogen-bond acceptors (Lipinski definition) is 3. The summed E-state index contributed by atoms with van der Waals surface area (Å²) in [6, 6.07) is 0.